The van der Waals surface area contributed by atoms with Crippen LogP contribution in [-0.2, 0) is 37.3 Å². The van der Waals surface area contributed by atoms with Crippen molar-refractivity contribution in [1.82, 2.24) is 14.5 Å². The summed E-state index contributed by atoms with van der Waals surface area (Å²) in [6, 6.07) is 46.1. The zero-order valence-corrected chi connectivity index (χ0v) is 43.4. The standard InChI is InChI=1S/C62H68N3O.Pt/c1-13-61(11,14-2)51-23-20-24-52(62(12,15-3)16-4)57(51)45-31-32-54(41(7)35-45)65-55-25-19-22-49(58(55)64-59(65)50-21-17-18-26-56(50)66)46-36-47(38-48(37-46)60(8,9)10)53-39-44(33-34-63-53)43-29-27-42(28-30-43)40(5)6;/h17-35,37-40,66H,13-16H2,1-12H3;/q-1;/i7D3,40D;. The molecule has 2 aromatic heterocycles. The topological polar surface area (TPSA) is 50.9 Å². The van der Waals surface area contributed by atoms with Gasteiger partial charge in [0.05, 0.1) is 22.3 Å². The van der Waals surface area contributed by atoms with E-state index in [1.54, 1.807) is 12.1 Å². The molecule has 0 aliphatic rings. The third-order valence-electron chi connectivity index (χ3n) is 14.7. The van der Waals surface area contributed by atoms with Crippen molar-refractivity contribution in [2.75, 3.05) is 0 Å². The Hall–Kier alpha value is -5.57. The maximum Gasteiger partial charge on any atom is 0.148 e. The first-order chi connectivity index (χ1) is 33.0. The molecule has 4 nitrogen and oxygen atoms in total. The molecule has 0 bridgehead atoms. The maximum atomic E-state index is 11.5. The minimum atomic E-state index is -2.52. The van der Waals surface area contributed by atoms with Gasteiger partial charge < -0.3 is 5.11 Å². The fraction of sp³-hybridized carbons (Fsp3) is 0.323. The third kappa shape index (κ3) is 9.36. The Bertz CT molecular complexity index is 3170. The smallest absolute Gasteiger partial charge is 0.148 e. The van der Waals surface area contributed by atoms with Crippen LogP contribution in [0.1, 0.15) is 141 Å². The summed E-state index contributed by atoms with van der Waals surface area (Å²) >= 11 is 0. The van der Waals surface area contributed by atoms with Crippen LogP contribution < -0.4 is 0 Å². The molecule has 6 aromatic carbocycles. The van der Waals surface area contributed by atoms with Crippen LogP contribution in [0.2, 0.25) is 0 Å². The summed E-state index contributed by atoms with van der Waals surface area (Å²) in [6.45, 7) is 21.5. The number of hydrogen-bond acceptors (Lipinski definition) is 3. The molecule has 8 rings (SSSR count). The van der Waals surface area contributed by atoms with E-state index in [-0.39, 0.29) is 48.6 Å². The summed E-state index contributed by atoms with van der Waals surface area (Å²) < 4.78 is 38.0. The van der Waals surface area contributed by atoms with Crippen LogP contribution in [0.25, 0.3) is 72.7 Å². The molecule has 5 heteroatoms. The third-order valence-corrected chi connectivity index (χ3v) is 14.7. The summed E-state index contributed by atoms with van der Waals surface area (Å²) in [5.41, 5.74) is 13.8. The molecule has 67 heavy (non-hydrogen) atoms. The molecule has 1 N–H and O–H groups in total. The average molecular weight is 1070 g/mol. The number of fused-ring (bicyclic) bond motifs is 1. The van der Waals surface area contributed by atoms with Gasteiger partial charge in [-0.05, 0) is 136 Å². The van der Waals surface area contributed by atoms with E-state index in [0.717, 1.165) is 81.4 Å². The van der Waals surface area contributed by atoms with E-state index in [2.05, 4.69) is 123 Å². The fourth-order valence-electron chi connectivity index (χ4n) is 9.46. The summed E-state index contributed by atoms with van der Waals surface area (Å²) in [7, 11) is 0. The molecule has 0 spiro atoms. The van der Waals surface area contributed by atoms with E-state index >= 15 is 0 Å². The molecule has 0 radical (unpaired) electrons. The van der Waals surface area contributed by atoms with Gasteiger partial charge in [-0.1, -0.05) is 166 Å². The number of benzene rings is 6. The Morgan fingerprint density at radius 1 is 0.672 bits per heavy atom. The van der Waals surface area contributed by atoms with Crippen molar-refractivity contribution in [2.24, 2.45) is 0 Å². The second-order valence-corrected chi connectivity index (χ2v) is 19.9. The summed E-state index contributed by atoms with van der Waals surface area (Å²) in [5.74, 6) is -0.233. The number of phenolic OH excluding ortho intramolecular Hbond substituents is 1. The van der Waals surface area contributed by atoms with Gasteiger partial charge >= 0.3 is 0 Å². The number of para-hydroxylation sites is 2. The van der Waals surface area contributed by atoms with E-state index < -0.39 is 12.7 Å². The average Bonchev–Trinajstić information content (AvgIpc) is 3.74. The summed E-state index contributed by atoms with van der Waals surface area (Å²) in [4.78, 5) is 10.3. The zero-order valence-electron chi connectivity index (χ0n) is 45.1. The van der Waals surface area contributed by atoms with Gasteiger partial charge in [-0.15, -0.1) is 29.3 Å². The molecule has 8 aromatic rings. The van der Waals surface area contributed by atoms with Crippen molar-refractivity contribution in [2.45, 2.75) is 131 Å². The first-order valence-electron chi connectivity index (χ1n) is 25.8. The quantitative estimate of drug-likeness (QED) is 0.117. The van der Waals surface area contributed by atoms with Crippen LogP contribution in [0.5, 0.6) is 5.75 Å². The molecule has 0 aliphatic heterocycles. The van der Waals surface area contributed by atoms with Gasteiger partial charge in [0, 0.05) is 38.4 Å². The zero-order chi connectivity index (χ0) is 50.6. The van der Waals surface area contributed by atoms with Crippen LogP contribution in [-0.4, -0.2) is 19.6 Å². The number of aromatic hydroxyl groups is 1. The Labute approximate surface area is 420 Å². The SMILES string of the molecule is [2H]C([2H])([2H])c1cc(-c2c(C(C)(CC)CC)cccc2C(C)(CC)CC)ccc1-n1c(-c2ccccc2O)nc2c(-c3[c-]c(-c4cc(-c5ccc(C([2H])(C)C)cc5)ccn4)cc(C(C)(C)C)c3)cccc21.[Pt]. The molecule has 0 fully saturated rings. The Kier molecular flexibility index (Phi) is 12.8. The van der Waals surface area contributed by atoms with Gasteiger partial charge in [0.15, 0.2) is 0 Å². The van der Waals surface area contributed by atoms with Crippen molar-refractivity contribution in [1.29, 1.82) is 0 Å². The number of imidazole rings is 1. The molecule has 0 amide bonds. The van der Waals surface area contributed by atoms with Crippen molar-refractivity contribution in [3.63, 3.8) is 0 Å². The van der Waals surface area contributed by atoms with Gasteiger partial charge in [-0.25, -0.2) is 4.98 Å². The predicted octanol–water partition coefficient (Wildman–Crippen LogP) is 17.1. The Morgan fingerprint density at radius 3 is 1.90 bits per heavy atom. The number of aryl methyl sites for hydroxylation is 1. The van der Waals surface area contributed by atoms with E-state index in [0.29, 0.717) is 28.1 Å². The summed E-state index contributed by atoms with van der Waals surface area (Å²) in [6.07, 6.45) is 5.58. The van der Waals surface area contributed by atoms with Gasteiger partial charge in [0.25, 0.3) is 0 Å². The van der Waals surface area contributed by atoms with E-state index in [4.69, 9.17) is 11.3 Å². The number of aromatic nitrogens is 3. The minimum Gasteiger partial charge on any atom is -0.507 e. The predicted molar refractivity (Wildman–Crippen MR) is 280 cm³/mol. The molecule has 2 heterocycles. The number of phenols is 1. The molecule has 0 atom stereocenters. The second-order valence-electron chi connectivity index (χ2n) is 19.9. The number of hydrogen-bond donors (Lipinski definition) is 1. The molecule has 0 aliphatic carbocycles. The van der Waals surface area contributed by atoms with E-state index in [1.165, 1.54) is 11.1 Å². The molecule has 348 valence electrons. The first-order valence-corrected chi connectivity index (χ1v) is 23.8. The number of nitrogens with zero attached hydrogens (tertiary/aromatic N) is 3. The molecule has 0 saturated carbocycles. The number of pyridine rings is 1. The fourth-order valence-corrected chi connectivity index (χ4v) is 9.46. The Morgan fingerprint density at radius 2 is 1.28 bits per heavy atom. The van der Waals surface area contributed by atoms with Crippen LogP contribution in [0, 0.1) is 12.9 Å². The van der Waals surface area contributed by atoms with Crippen molar-refractivity contribution < 1.29 is 31.7 Å². The minimum absolute atomic E-state index is 0. The van der Waals surface area contributed by atoms with Crippen molar-refractivity contribution >= 4 is 11.0 Å². The van der Waals surface area contributed by atoms with E-state index in [1.807, 2.05) is 85.3 Å². The van der Waals surface area contributed by atoms with Gasteiger partial charge in [-0.2, -0.15) is 0 Å². The number of rotatable bonds is 13. The first kappa shape index (κ1) is 44.0. The van der Waals surface area contributed by atoms with Gasteiger partial charge in [0.2, 0.25) is 0 Å². The van der Waals surface area contributed by atoms with Gasteiger partial charge in [0.1, 0.15) is 11.6 Å². The molecule has 0 unspecified atom stereocenters. The monoisotopic (exact) mass is 1070 g/mol. The normalized spacial score (nSPS) is 13.4. The van der Waals surface area contributed by atoms with Crippen LogP contribution >= 0.6 is 0 Å². The Balaban J connectivity index is 0.00000741. The maximum absolute atomic E-state index is 11.5. The van der Waals surface area contributed by atoms with E-state index in [9.17, 15) is 9.22 Å². The van der Waals surface area contributed by atoms with Crippen molar-refractivity contribution in [3.05, 3.63) is 167 Å². The van der Waals surface area contributed by atoms with Gasteiger partial charge in [-0.3, -0.25) is 9.55 Å². The largest absolute Gasteiger partial charge is 0.507 e. The summed E-state index contributed by atoms with van der Waals surface area (Å²) in [5, 5.41) is 11.5. The van der Waals surface area contributed by atoms with Crippen LogP contribution in [0.15, 0.2) is 134 Å². The van der Waals surface area contributed by atoms with Crippen LogP contribution in [0.3, 0.4) is 0 Å². The molecular weight excluding hydrogens is 998 g/mol. The van der Waals surface area contributed by atoms with Crippen molar-refractivity contribution in [3.8, 4) is 67.5 Å². The van der Waals surface area contributed by atoms with Crippen LogP contribution in [0.4, 0.5) is 0 Å². The second kappa shape index (κ2) is 19.6. The molecule has 0 saturated heterocycles. The molecular formula is C62H68N3OPt-.